The number of rotatable bonds is 6. The fourth-order valence-electron chi connectivity index (χ4n) is 2.64. The maximum absolute atomic E-state index is 5.81. The maximum Gasteiger partial charge on any atom is 0.324 e. The molecule has 3 aromatic rings. The van der Waals surface area contributed by atoms with Crippen molar-refractivity contribution in [1.82, 2.24) is 19.5 Å². The summed E-state index contributed by atoms with van der Waals surface area (Å²) < 4.78 is 7.90. The Morgan fingerprint density at radius 1 is 1.22 bits per heavy atom. The lowest BCUT2D eigenvalue weighted by Gasteiger charge is -2.07. The van der Waals surface area contributed by atoms with Gasteiger partial charge in [0.2, 0.25) is 0 Å². The average Bonchev–Trinajstić information content (AvgIpc) is 2.92. The number of hydrogen-bond acceptors (Lipinski definition) is 5. The summed E-state index contributed by atoms with van der Waals surface area (Å²) in [6.45, 7) is 5.60. The van der Waals surface area contributed by atoms with Gasteiger partial charge < -0.3 is 15.0 Å². The highest BCUT2D eigenvalue weighted by molar-refractivity contribution is 5.70. The van der Waals surface area contributed by atoms with E-state index in [0.29, 0.717) is 18.3 Å². The second kappa shape index (κ2) is 6.75. The van der Waals surface area contributed by atoms with Gasteiger partial charge in [0, 0.05) is 13.0 Å². The summed E-state index contributed by atoms with van der Waals surface area (Å²) in [5.74, 6) is 1.73. The Kier molecular flexibility index (Phi) is 4.52. The Bertz CT molecular complexity index is 812. The number of imidazole rings is 1. The van der Waals surface area contributed by atoms with Crippen molar-refractivity contribution in [2.24, 2.45) is 5.73 Å². The van der Waals surface area contributed by atoms with Crippen molar-refractivity contribution in [3.05, 3.63) is 41.9 Å². The lowest BCUT2D eigenvalue weighted by Crippen LogP contribution is -2.03. The molecular weight excluding hydrogens is 290 g/mol. The largest absolute Gasteiger partial charge is 0.424 e. The molecule has 0 radical (unpaired) electrons. The SMILES string of the molecule is CCc1nc2cnc(Oc3cccc(CCN)c3)nc2n1CC. The molecule has 2 N–H and O–H groups in total. The zero-order chi connectivity index (χ0) is 16.2. The minimum atomic E-state index is 0.333. The van der Waals surface area contributed by atoms with E-state index in [4.69, 9.17) is 10.5 Å². The number of hydrogen-bond donors (Lipinski definition) is 1. The van der Waals surface area contributed by atoms with Gasteiger partial charge in [0.05, 0.1) is 6.20 Å². The van der Waals surface area contributed by atoms with Gasteiger partial charge in [0.1, 0.15) is 17.1 Å². The summed E-state index contributed by atoms with van der Waals surface area (Å²) in [5, 5.41) is 0. The Balaban J connectivity index is 1.92. The van der Waals surface area contributed by atoms with E-state index in [1.54, 1.807) is 6.20 Å². The molecule has 0 aliphatic carbocycles. The van der Waals surface area contributed by atoms with Gasteiger partial charge in [-0.25, -0.2) is 9.97 Å². The highest BCUT2D eigenvalue weighted by Gasteiger charge is 2.12. The van der Waals surface area contributed by atoms with Crippen LogP contribution in [0.25, 0.3) is 11.2 Å². The molecule has 0 bridgehead atoms. The molecular formula is C17H21N5O. The number of aryl methyl sites for hydroxylation is 2. The maximum atomic E-state index is 5.81. The van der Waals surface area contributed by atoms with Crippen LogP contribution in [0.15, 0.2) is 30.5 Å². The zero-order valence-corrected chi connectivity index (χ0v) is 13.5. The third kappa shape index (κ3) is 3.17. The highest BCUT2D eigenvalue weighted by Crippen LogP contribution is 2.22. The summed E-state index contributed by atoms with van der Waals surface area (Å²) in [6, 6.07) is 8.17. The summed E-state index contributed by atoms with van der Waals surface area (Å²) in [5.41, 5.74) is 8.35. The number of aromatic nitrogens is 4. The Morgan fingerprint density at radius 2 is 2.09 bits per heavy atom. The van der Waals surface area contributed by atoms with Crippen LogP contribution in [0.4, 0.5) is 0 Å². The fraction of sp³-hybridized carbons (Fsp3) is 0.353. The number of benzene rings is 1. The summed E-state index contributed by atoms with van der Waals surface area (Å²) in [7, 11) is 0. The van der Waals surface area contributed by atoms with E-state index in [9.17, 15) is 0 Å². The minimum absolute atomic E-state index is 0.333. The molecule has 0 amide bonds. The summed E-state index contributed by atoms with van der Waals surface area (Å²) in [4.78, 5) is 13.4. The third-order valence-corrected chi connectivity index (χ3v) is 3.72. The first kappa shape index (κ1) is 15.4. The molecule has 23 heavy (non-hydrogen) atoms. The molecule has 0 aliphatic rings. The van der Waals surface area contributed by atoms with Gasteiger partial charge in [0.25, 0.3) is 0 Å². The Labute approximate surface area is 135 Å². The predicted octanol–water partition coefficient (Wildman–Crippen LogP) is 2.70. The molecule has 120 valence electrons. The monoisotopic (exact) mass is 311 g/mol. The topological polar surface area (TPSA) is 78.8 Å². The van der Waals surface area contributed by atoms with Crippen molar-refractivity contribution < 1.29 is 4.74 Å². The van der Waals surface area contributed by atoms with Crippen molar-refractivity contribution in [3.63, 3.8) is 0 Å². The first-order valence-corrected chi connectivity index (χ1v) is 7.94. The molecule has 2 aromatic heterocycles. The lowest BCUT2D eigenvalue weighted by atomic mass is 10.1. The Morgan fingerprint density at radius 3 is 2.83 bits per heavy atom. The predicted molar refractivity (Wildman–Crippen MR) is 89.6 cm³/mol. The molecule has 0 unspecified atom stereocenters. The van der Waals surface area contributed by atoms with E-state index in [0.717, 1.165) is 41.9 Å². The second-order valence-electron chi connectivity index (χ2n) is 5.28. The average molecular weight is 311 g/mol. The summed E-state index contributed by atoms with van der Waals surface area (Å²) >= 11 is 0. The molecule has 0 atom stereocenters. The molecule has 0 aliphatic heterocycles. The minimum Gasteiger partial charge on any atom is -0.424 e. The molecule has 0 saturated heterocycles. The number of nitrogens with two attached hydrogens (primary N) is 1. The molecule has 0 spiro atoms. The van der Waals surface area contributed by atoms with Gasteiger partial charge in [-0.2, -0.15) is 4.98 Å². The van der Waals surface area contributed by atoms with Crippen molar-refractivity contribution in [1.29, 1.82) is 0 Å². The molecule has 0 saturated carbocycles. The molecule has 6 heteroatoms. The van der Waals surface area contributed by atoms with E-state index < -0.39 is 0 Å². The second-order valence-corrected chi connectivity index (χ2v) is 5.28. The number of fused-ring (bicyclic) bond motifs is 1. The van der Waals surface area contributed by atoms with Gasteiger partial charge in [0.15, 0.2) is 5.65 Å². The van der Waals surface area contributed by atoms with E-state index >= 15 is 0 Å². The molecule has 2 heterocycles. The first-order valence-electron chi connectivity index (χ1n) is 7.94. The van der Waals surface area contributed by atoms with E-state index in [1.165, 1.54) is 0 Å². The van der Waals surface area contributed by atoms with E-state index in [-0.39, 0.29) is 0 Å². The quantitative estimate of drug-likeness (QED) is 0.757. The van der Waals surface area contributed by atoms with E-state index in [2.05, 4.69) is 33.4 Å². The number of nitrogens with zero attached hydrogens (tertiary/aromatic N) is 4. The van der Waals surface area contributed by atoms with Crippen LogP contribution in [-0.2, 0) is 19.4 Å². The van der Waals surface area contributed by atoms with Gasteiger partial charge in [-0.3, -0.25) is 0 Å². The van der Waals surface area contributed by atoms with Gasteiger partial charge in [-0.1, -0.05) is 19.1 Å². The molecule has 1 aromatic carbocycles. The van der Waals surface area contributed by atoms with Gasteiger partial charge in [-0.05, 0) is 37.6 Å². The fourth-order valence-corrected chi connectivity index (χ4v) is 2.64. The van der Waals surface area contributed by atoms with Crippen LogP contribution < -0.4 is 10.5 Å². The normalized spacial score (nSPS) is 11.1. The van der Waals surface area contributed by atoms with Crippen LogP contribution in [0.5, 0.6) is 11.8 Å². The summed E-state index contributed by atoms with van der Waals surface area (Å²) in [6.07, 6.45) is 3.40. The van der Waals surface area contributed by atoms with Crippen LogP contribution in [0.3, 0.4) is 0 Å². The number of ether oxygens (including phenoxy) is 1. The molecule has 0 fully saturated rings. The van der Waals surface area contributed by atoms with Crippen molar-refractivity contribution in [3.8, 4) is 11.8 Å². The molecule has 3 rings (SSSR count). The van der Waals surface area contributed by atoms with Crippen molar-refractivity contribution >= 4 is 11.2 Å². The van der Waals surface area contributed by atoms with Gasteiger partial charge in [-0.15, -0.1) is 0 Å². The zero-order valence-electron chi connectivity index (χ0n) is 13.5. The van der Waals surface area contributed by atoms with Crippen LogP contribution in [0, 0.1) is 0 Å². The van der Waals surface area contributed by atoms with Crippen molar-refractivity contribution in [2.45, 2.75) is 33.2 Å². The Hall–Kier alpha value is -2.47. The van der Waals surface area contributed by atoms with E-state index in [1.807, 2.05) is 24.3 Å². The van der Waals surface area contributed by atoms with Gasteiger partial charge >= 0.3 is 6.01 Å². The lowest BCUT2D eigenvalue weighted by molar-refractivity contribution is 0.442. The standard InChI is InChI=1S/C17H21N5O/c1-3-15-20-14-11-19-17(21-16(14)22(15)4-2)23-13-7-5-6-12(10-13)8-9-18/h5-7,10-11H,3-4,8-9,18H2,1-2H3. The first-order chi connectivity index (χ1) is 11.2. The van der Waals surface area contributed by atoms with Crippen LogP contribution >= 0.6 is 0 Å². The van der Waals surface area contributed by atoms with Crippen molar-refractivity contribution in [2.75, 3.05) is 6.54 Å². The highest BCUT2D eigenvalue weighted by atomic mass is 16.5. The van der Waals surface area contributed by atoms with Crippen LogP contribution in [-0.4, -0.2) is 26.1 Å². The smallest absolute Gasteiger partial charge is 0.324 e. The molecule has 6 nitrogen and oxygen atoms in total. The van der Waals surface area contributed by atoms with Crippen LogP contribution in [0.2, 0.25) is 0 Å². The van der Waals surface area contributed by atoms with Crippen LogP contribution in [0.1, 0.15) is 25.2 Å². The third-order valence-electron chi connectivity index (χ3n) is 3.72.